The molecule has 0 saturated heterocycles. The summed E-state index contributed by atoms with van der Waals surface area (Å²) in [5.41, 5.74) is 1.12. The molecular formula is C11H8ClNO3S2. The van der Waals surface area contributed by atoms with Gasteiger partial charge < -0.3 is 10.4 Å². The second-order valence-corrected chi connectivity index (χ2v) is 5.66. The van der Waals surface area contributed by atoms with Gasteiger partial charge in [-0.25, -0.2) is 4.79 Å². The minimum atomic E-state index is -1.06. The van der Waals surface area contributed by atoms with E-state index >= 15 is 0 Å². The Hall–Kier alpha value is -1.37. The molecule has 0 saturated carbocycles. The number of hydrogen-bond donors (Lipinski definition) is 2. The lowest BCUT2D eigenvalue weighted by molar-refractivity contribution is 0.0703. The predicted molar refractivity (Wildman–Crippen MR) is 73.3 cm³/mol. The summed E-state index contributed by atoms with van der Waals surface area (Å²) in [6.07, 6.45) is 0. The molecule has 0 spiro atoms. The zero-order valence-corrected chi connectivity index (χ0v) is 11.6. The van der Waals surface area contributed by atoms with Gasteiger partial charge in [0.25, 0.3) is 5.91 Å². The van der Waals surface area contributed by atoms with Crippen LogP contribution in [0.2, 0.25) is 5.02 Å². The number of carbonyl (C=O) groups is 2. The lowest BCUT2D eigenvalue weighted by Crippen LogP contribution is -2.12. The maximum Gasteiger partial charge on any atom is 0.348 e. The topological polar surface area (TPSA) is 66.4 Å². The number of carboxylic acid groups (broad SMARTS) is 1. The molecule has 0 aliphatic heterocycles. The Morgan fingerprint density at radius 3 is 2.61 bits per heavy atom. The summed E-state index contributed by atoms with van der Waals surface area (Å²) < 4.78 is 0. The van der Waals surface area contributed by atoms with Crippen molar-refractivity contribution < 1.29 is 14.7 Å². The van der Waals surface area contributed by atoms with Crippen molar-refractivity contribution in [2.24, 2.45) is 0 Å². The van der Waals surface area contributed by atoms with E-state index in [0.29, 0.717) is 15.6 Å². The van der Waals surface area contributed by atoms with Gasteiger partial charge in [0.05, 0.1) is 10.7 Å². The first-order valence-corrected chi connectivity index (χ1v) is 7.00. The molecule has 2 aromatic heterocycles. The number of thiophene rings is 2. The summed E-state index contributed by atoms with van der Waals surface area (Å²) >= 11 is 8.27. The molecule has 0 aliphatic rings. The van der Waals surface area contributed by atoms with Crippen molar-refractivity contribution in [1.82, 2.24) is 0 Å². The summed E-state index contributed by atoms with van der Waals surface area (Å²) in [5, 5.41) is 15.3. The quantitative estimate of drug-likeness (QED) is 0.908. The van der Waals surface area contributed by atoms with Gasteiger partial charge >= 0.3 is 5.97 Å². The van der Waals surface area contributed by atoms with Crippen molar-refractivity contribution in [2.75, 3.05) is 5.32 Å². The van der Waals surface area contributed by atoms with Crippen molar-refractivity contribution >= 4 is 51.8 Å². The lowest BCUT2D eigenvalue weighted by Gasteiger charge is -2.03. The van der Waals surface area contributed by atoms with Crippen molar-refractivity contribution in [1.29, 1.82) is 0 Å². The lowest BCUT2D eigenvalue weighted by atomic mass is 10.3. The summed E-state index contributed by atoms with van der Waals surface area (Å²) in [5.74, 6) is -1.45. The van der Waals surface area contributed by atoms with Crippen molar-refractivity contribution in [2.45, 2.75) is 6.92 Å². The van der Waals surface area contributed by atoms with Gasteiger partial charge in [0.15, 0.2) is 0 Å². The highest BCUT2D eigenvalue weighted by Crippen LogP contribution is 2.29. The van der Waals surface area contributed by atoms with Crippen LogP contribution in [0.15, 0.2) is 16.8 Å². The van der Waals surface area contributed by atoms with Gasteiger partial charge in [0.2, 0.25) is 0 Å². The van der Waals surface area contributed by atoms with Crippen LogP contribution in [-0.2, 0) is 0 Å². The molecule has 0 atom stereocenters. The zero-order chi connectivity index (χ0) is 13.3. The molecule has 7 heteroatoms. The largest absolute Gasteiger partial charge is 0.477 e. The number of amides is 1. The summed E-state index contributed by atoms with van der Waals surface area (Å²) in [4.78, 5) is 23.3. The van der Waals surface area contributed by atoms with Gasteiger partial charge in [0.1, 0.15) is 9.75 Å². The molecule has 2 aromatic rings. The Morgan fingerprint density at radius 1 is 1.33 bits per heavy atom. The molecule has 1 amide bonds. The Labute approximate surface area is 116 Å². The molecule has 2 heterocycles. The van der Waals surface area contributed by atoms with E-state index in [1.807, 2.05) is 6.92 Å². The van der Waals surface area contributed by atoms with Crippen LogP contribution < -0.4 is 5.32 Å². The van der Waals surface area contributed by atoms with Crippen LogP contribution in [0, 0.1) is 6.92 Å². The molecule has 94 valence electrons. The van der Waals surface area contributed by atoms with E-state index < -0.39 is 5.97 Å². The molecule has 0 aliphatic carbocycles. The first-order chi connectivity index (χ1) is 8.50. The highest BCUT2D eigenvalue weighted by Gasteiger charge is 2.18. The first kappa shape index (κ1) is 13.1. The van der Waals surface area contributed by atoms with E-state index in [4.69, 9.17) is 16.7 Å². The van der Waals surface area contributed by atoms with Crippen LogP contribution >= 0.6 is 34.3 Å². The third-order valence-corrected chi connectivity index (χ3v) is 4.81. The molecule has 0 aromatic carbocycles. The number of aromatic carboxylic acids is 1. The minimum absolute atomic E-state index is 0.104. The van der Waals surface area contributed by atoms with Crippen LogP contribution in [0.25, 0.3) is 0 Å². The van der Waals surface area contributed by atoms with Gasteiger partial charge in [-0.05, 0) is 29.3 Å². The second-order valence-electron chi connectivity index (χ2n) is 3.48. The Kier molecular flexibility index (Phi) is 3.70. The molecule has 0 fully saturated rings. The fourth-order valence-corrected chi connectivity index (χ4v) is 3.20. The maximum atomic E-state index is 11.9. The average molecular weight is 302 g/mol. The van der Waals surface area contributed by atoms with E-state index in [0.717, 1.165) is 16.9 Å². The smallest absolute Gasteiger partial charge is 0.348 e. The number of nitrogens with one attached hydrogen (secondary N) is 1. The average Bonchev–Trinajstić information content (AvgIpc) is 2.88. The van der Waals surface area contributed by atoms with Crippen molar-refractivity contribution in [3.8, 4) is 0 Å². The molecule has 18 heavy (non-hydrogen) atoms. The molecule has 0 radical (unpaired) electrons. The number of halogens is 1. The second kappa shape index (κ2) is 5.09. The van der Waals surface area contributed by atoms with Crippen molar-refractivity contribution in [3.05, 3.63) is 37.2 Å². The van der Waals surface area contributed by atoms with Gasteiger partial charge in [0, 0.05) is 0 Å². The van der Waals surface area contributed by atoms with Gasteiger partial charge in [-0.2, -0.15) is 0 Å². The van der Waals surface area contributed by atoms with Crippen LogP contribution in [-0.4, -0.2) is 17.0 Å². The van der Waals surface area contributed by atoms with Crippen LogP contribution in [0.5, 0.6) is 0 Å². The standard InChI is InChI=1S/C11H8ClNO3S2/c1-5-4-18-9(7(5)12)10(14)13-6-2-3-17-8(6)11(15)16/h2-4H,1H3,(H,13,14)(H,15,16). The number of hydrogen-bond acceptors (Lipinski definition) is 4. The van der Waals surface area contributed by atoms with E-state index in [-0.39, 0.29) is 10.8 Å². The van der Waals surface area contributed by atoms with E-state index in [1.165, 1.54) is 11.3 Å². The Bertz CT molecular complexity index is 618. The molecule has 4 nitrogen and oxygen atoms in total. The fourth-order valence-electron chi connectivity index (χ4n) is 1.34. The summed E-state index contributed by atoms with van der Waals surface area (Å²) in [6, 6.07) is 1.56. The molecular weight excluding hydrogens is 294 g/mol. The van der Waals surface area contributed by atoms with E-state index in [1.54, 1.807) is 16.8 Å². The van der Waals surface area contributed by atoms with Crippen LogP contribution in [0.1, 0.15) is 24.9 Å². The van der Waals surface area contributed by atoms with Crippen LogP contribution in [0.4, 0.5) is 5.69 Å². The SMILES string of the molecule is Cc1csc(C(=O)Nc2ccsc2C(=O)O)c1Cl. The highest BCUT2D eigenvalue weighted by molar-refractivity contribution is 7.13. The fraction of sp³-hybridized carbons (Fsp3) is 0.0909. The predicted octanol–water partition coefficient (Wildman–Crippen LogP) is 3.72. The van der Waals surface area contributed by atoms with Gasteiger partial charge in [-0.1, -0.05) is 11.6 Å². The van der Waals surface area contributed by atoms with Crippen molar-refractivity contribution in [3.63, 3.8) is 0 Å². The monoisotopic (exact) mass is 301 g/mol. The number of carboxylic acids is 1. The number of rotatable bonds is 3. The Balaban J connectivity index is 2.24. The maximum absolute atomic E-state index is 11.9. The first-order valence-electron chi connectivity index (χ1n) is 4.86. The Morgan fingerprint density at radius 2 is 2.06 bits per heavy atom. The van der Waals surface area contributed by atoms with Gasteiger partial charge in [-0.3, -0.25) is 4.79 Å². The normalized spacial score (nSPS) is 10.3. The molecule has 2 rings (SSSR count). The minimum Gasteiger partial charge on any atom is -0.477 e. The van der Waals surface area contributed by atoms with E-state index in [9.17, 15) is 9.59 Å². The third kappa shape index (κ3) is 2.40. The van der Waals surface area contributed by atoms with Gasteiger partial charge in [-0.15, -0.1) is 22.7 Å². The highest BCUT2D eigenvalue weighted by atomic mass is 35.5. The molecule has 2 N–H and O–H groups in total. The summed E-state index contributed by atoms with van der Waals surface area (Å²) in [7, 11) is 0. The number of anilines is 1. The number of carbonyl (C=O) groups excluding carboxylic acids is 1. The number of aryl methyl sites for hydroxylation is 1. The summed E-state index contributed by atoms with van der Waals surface area (Å²) in [6.45, 7) is 1.81. The molecule has 0 bridgehead atoms. The van der Waals surface area contributed by atoms with E-state index in [2.05, 4.69) is 5.32 Å². The molecule has 0 unspecified atom stereocenters. The zero-order valence-electron chi connectivity index (χ0n) is 9.19. The van der Waals surface area contributed by atoms with Crippen LogP contribution in [0.3, 0.4) is 0 Å². The third-order valence-electron chi connectivity index (χ3n) is 2.21.